The van der Waals surface area contributed by atoms with Gasteiger partial charge >= 0.3 is 6.09 Å². The van der Waals surface area contributed by atoms with Crippen molar-refractivity contribution in [3.63, 3.8) is 0 Å². The largest absolute Gasteiger partial charge is 0.450 e. The smallest absolute Gasteiger partial charge is 0.411 e. The van der Waals surface area contributed by atoms with Crippen LogP contribution in [0.4, 0.5) is 16.2 Å². The van der Waals surface area contributed by atoms with Crippen LogP contribution in [0.2, 0.25) is 0 Å². The summed E-state index contributed by atoms with van der Waals surface area (Å²) in [4.78, 5) is 21.7. The lowest BCUT2D eigenvalue weighted by Crippen LogP contribution is -2.13. The average molecular weight is 286 g/mol. The van der Waals surface area contributed by atoms with E-state index in [9.17, 15) is 14.9 Å². The molecule has 0 aliphatic rings. The highest BCUT2D eigenvalue weighted by Gasteiger charge is 2.08. The number of rotatable bonds is 4. The van der Waals surface area contributed by atoms with Crippen molar-refractivity contribution in [3.05, 3.63) is 58.6 Å². The van der Waals surface area contributed by atoms with E-state index >= 15 is 0 Å². The van der Waals surface area contributed by atoms with E-state index in [4.69, 9.17) is 4.74 Å². The molecule has 0 radical (unpaired) electrons. The highest BCUT2D eigenvalue weighted by molar-refractivity contribution is 5.86. The van der Waals surface area contributed by atoms with Crippen molar-refractivity contribution >= 4 is 17.5 Å². The maximum Gasteiger partial charge on any atom is 0.411 e. The fraction of sp³-hybridized carbons (Fsp3) is 0.133. The Morgan fingerprint density at radius 1 is 1.19 bits per heavy atom. The normalized spacial score (nSPS) is 9.95. The molecule has 0 saturated carbocycles. The minimum Gasteiger partial charge on any atom is -0.450 e. The van der Waals surface area contributed by atoms with E-state index < -0.39 is 11.0 Å². The van der Waals surface area contributed by atoms with E-state index in [2.05, 4.69) is 5.32 Å². The molecule has 6 nitrogen and oxygen atoms in total. The number of hydrogen-bond donors (Lipinski definition) is 1. The first-order valence-electron chi connectivity index (χ1n) is 6.39. The van der Waals surface area contributed by atoms with E-state index in [1.807, 2.05) is 6.07 Å². The van der Waals surface area contributed by atoms with Crippen LogP contribution in [0, 0.1) is 10.1 Å². The lowest BCUT2D eigenvalue weighted by Gasteiger charge is -2.07. The van der Waals surface area contributed by atoms with Crippen LogP contribution in [-0.4, -0.2) is 17.6 Å². The third-order valence-corrected chi connectivity index (χ3v) is 2.77. The topological polar surface area (TPSA) is 81.5 Å². The quantitative estimate of drug-likeness (QED) is 0.684. The van der Waals surface area contributed by atoms with Gasteiger partial charge in [0.25, 0.3) is 5.69 Å². The lowest BCUT2D eigenvalue weighted by atomic mass is 10.0. The van der Waals surface area contributed by atoms with Gasteiger partial charge in [0.2, 0.25) is 0 Å². The summed E-state index contributed by atoms with van der Waals surface area (Å²) in [6.07, 6.45) is -0.534. The van der Waals surface area contributed by atoms with Gasteiger partial charge in [-0.15, -0.1) is 0 Å². The van der Waals surface area contributed by atoms with Crippen molar-refractivity contribution in [2.75, 3.05) is 11.9 Å². The molecule has 21 heavy (non-hydrogen) atoms. The Morgan fingerprint density at radius 2 is 1.86 bits per heavy atom. The van der Waals surface area contributed by atoms with Gasteiger partial charge in [-0.25, -0.2) is 4.79 Å². The Labute approximate surface area is 121 Å². The molecular weight excluding hydrogens is 272 g/mol. The number of nitro groups is 1. The summed E-state index contributed by atoms with van der Waals surface area (Å²) in [5.74, 6) is 0. The maximum atomic E-state index is 11.4. The Bertz CT molecular complexity index is 670. The fourth-order valence-electron chi connectivity index (χ4n) is 1.86. The predicted octanol–water partition coefficient (Wildman–Crippen LogP) is 3.83. The summed E-state index contributed by atoms with van der Waals surface area (Å²) >= 11 is 0. The van der Waals surface area contributed by atoms with Gasteiger partial charge in [0, 0.05) is 17.8 Å². The Morgan fingerprint density at radius 3 is 2.52 bits per heavy atom. The number of carbonyl (C=O) groups is 1. The molecule has 0 heterocycles. The summed E-state index contributed by atoms with van der Waals surface area (Å²) in [7, 11) is 0. The summed E-state index contributed by atoms with van der Waals surface area (Å²) in [6, 6.07) is 13.3. The van der Waals surface area contributed by atoms with Crippen molar-refractivity contribution < 1.29 is 14.5 Å². The summed E-state index contributed by atoms with van der Waals surface area (Å²) in [5, 5.41) is 13.4. The standard InChI is InChI=1S/C15H14N2O4/c1-2-21-15(18)16-13-7-3-5-11(9-13)12-6-4-8-14(10-12)17(19)20/h3-10H,2H2,1H3,(H,16,18). The molecule has 0 saturated heterocycles. The van der Waals surface area contributed by atoms with Gasteiger partial charge in [-0.1, -0.05) is 24.3 Å². The number of carbonyl (C=O) groups excluding carboxylic acids is 1. The minimum absolute atomic E-state index is 0.0243. The minimum atomic E-state index is -0.534. The molecule has 0 aliphatic carbocycles. The van der Waals surface area contributed by atoms with Crippen LogP contribution in [0.1, 0.15) is 6.92 Å². The van der Waals surface area contributed by atoms with Crippen LogP contribution in [0.15, 0.2) is 48.5 Å². The van der Waals surface area contributed by atoms with Gasteiger partial charge in [0.1, 0.15) is 0 Å². The zero-order chi connectivity index (χ0) is 15.2. The Kier molecular flexibility index (Phi) is 4.50. The van der Waals surface area contributed by atoms with Gasteiger partial charge in [-0.3, -0.25) is 15.4 Å². The van der Waals surface area contributed by atoms with E-state index in [0.29, 0.717) is 11.3 Å². The van der Waals surface area contributed by atoms with E-state index in [0.717, 1.165) is 5.56 Å². The fourth-order valence-corrected chi connectivity index (χ4v) is 1.86. The summed E-state index contributed by atoms with van der Waals surface area (Å²) < 4.78 is 4.80. The van der Waals surface area contributed by atoms with Crippen LogP contribution in [-0.2, 0) is 4.74 Å². The molecule has 108 valence electrons. The third-order valence-electron chi connectivity index (χ3n) is 2.77. The zero-order valence-electron chi connectivity index (χ0n) is 11.4. The zero-order valence-corrected chi connectivity index (χ0v) is 11.4. The molecule has 0 spiro atoms. The van der Waals surface area contributed by atoms with Crippen LogP contribution in [0.25, 0.3) is 11.1 Å². The monoisotopic (exact) mass is 286 g/mol. The number of hydrogen-bond acceptors (Lipinski definition) is 4. The number of benzene rings is 2. The molecule has 0 atom stereocenters. The molecule has 2 aromatic carbocycles. The number of anilines is 1. The molecule has 1 N–H and O–H groups in total. The Balaban J connectivity index is 2.26. The highest BCUT2D eigenvalue weighted by atomic mass is 16.6. The molecule has 0 aliphatic heterocycles. The van der Waals surface area contributed by atoms with Crippen LogP contribution in [0.3, 0.4) is 0 Å². The number of nitrogens with zero attached hydrogens (tertiary/aromatic N) is 1. The summed E-state index contributed by atoms with van der Waals surface area (Å²) in [5.41, 5.74) is 2.07. The second-order valence-electron chi connectivity index (χ2n) is 4.23. The van der Waals surface area contributed by atoms with Gasteiger partial charge in [-0.05, 0) is 30.2 Å². The van der Waals surface area contributed by atoms with Crippen LogP contribution >= 0.6 is 0 Å². The second-order valence-corrected chi connectivity index (χ2v) is 4.23. The third kappa shape index (κ3) is 3.79. The van der Waals surface area contributed by atoms with E-state index in [1.165, 1.54) is 12.1 Å². The van der Waals surface area contributed by atoms with Crippen molar-refractivity contribution in [2.45, 2.75) is 6.92 Å². The van der Waals surface area contributed by atoms with Crippen LogP contribution in [0.5, 0.6) is 0 Å². The maximum absolute atomic E-state index is 11.4. The van der Waals surface area contributed by atoms with Crippen molar-refractivity contribution in [3.8, 4) is 11.1 Å². The van der Waals surface area contributed by atoms with Crippen molar-refractivity contribution in [1.82, 2.24) is 0 Å². The first-order valence-corrected chi connectivity index (χ1v) is 6.39. The van der Waals surface area contributed by atoms with E-state index in [1.54, 1.807) is 37.3 Å². The molecule has 0 bridgehead atoms. The molecule has 6 heteroatoms. The Hall–Kier alpha value is -2.89. The first kappa shape index (κ1) is 14.5. The van der Waals surface area contributed by atoms with Crippen LogP contribution < -0.4 is 5.32 Å². The van der Waals surface area contributed by atoms with Crippen molar-refractivity contribution in [1.29, 1.82) is 0 Å². The molecule has 0 fully saturated rings. The SMILES string of the molecule is CCOC(=O)Nc1cccc(-c2cccc([N+](=O)[O-])c2)c1. The molecule has 0 aromatic heterocycles. The average Bonchev–Trinajstić information content (AvgIpc) is 2.48. The molecule has 2 aromatic rings. The first-order chi connectivity index (χ1) is 10.1. The number of non-ortho nitro benzene ring substituents is 1. The summed E-state index contributed by atoms with van der Waals surface area (Å²) in [6.45, 7) is 2.01. The van der Waals surface area contributed by atoms with E-state index in [-0.39, 0.29) is 12.3 Å². The van der Waals surface area contributed by atoms with Gasteiger partial charge in [-0.2, -0.15) is 0 Å². The molecule has 0 unspecified atom stereocenters. The predicted molar refractivity (Wildman–Crippen MR) is 79.2 cm³/mol. The van der Waals surface area contributed by atoms with Gasteiger partial charge in [0.05, 0.1) is 11.5 Å². The molecule has 2 rings (SSSR count). The highest BCUT2D eigenvalue weighted by Crippen LogP contribution is 2.26. The van der Waals surface area contributed by atoms with Gasteiger partial charge < -0.3 is 4.74 Å². The molecule has 1 amide bonds. The lowest BCUT2D eigenvalue weighted by molar-refractivity contribution is -0.384. The second kappa shape index (κ2) is 6.51. The number of ether oxygens (including phenoxy) is 1. The number of nitrogens with one attached hydrogen (secondary N) is 1. The number of nitro benzene ring substituents is 1. The van der Waals surface area contributed by atoms with Crippen molar-refractivity contribution in [2.24, 2.45) is 0 Å². The number of amides is 1. The molecular formula is C15H14N2O4. The van der Waals surface area contributed by atoms with Gasteiger partial charge in [0.15, 0.2) is 0 Å².